The zero-order valence-corrected chi connectivity index (χ0v) is 13.0. The van der Waals surface area contributed by atoms with Gasteiger partial charge in [-0.25, -0.2) is 0 Å². The molecular weight excluding hydrogens is 302 g/mol. The van der Waals surface area contributed by atoms with E-state index in [1.807, 2.05) is 13.0 Å². The van der Waals surface area contributed by atoms with Crippen molar-refractivity contribution in [2.45, 2.75) is 45.4 Å². The van der Waals surface area contributed by atoms with Crippen molar-refractivity contribution in [1.29, 1.82) is 0 Å². The Balaban J connectivity index is 1.53. The van der Waals surface area contributed by atoms with Crippen LogP contribution < -0.4 is 10.1 Å². The van der Waals surface area contributed by atoms with E-state index in [2.05, 4.69) is 24.8 Å². The van der Waals surface area contributed by atoms with Gasteiger partial charge in [-0.05, 0) is 31.0 Å². The minimum atomic E-state index is -2.80. The van der Waals surface area contributed by atoms with Crippen molar-refractivity contribution >= 4 is 0 Å². The van der Waals surface area contributed by atoms with Crippen molar-refractivity contribution in [2.24, 2.45) is 0 Å². The second-order valence-electron chi connectivity index (χ2n) is 5.66. The van der Waals surface area contributed by atoms with E-state index in [1.54, 1.807) is 12.1 Å². The number of aromatic nitrogens is 3. The third-order valence-electron chi connectivity index (χ3n) is 4.07. The zero-order chi connectivity index (χ0) is 16.2. The van der Waals surface area contributed by atoms with Crippen molar-refractivity contribution in [1.82, 2.24) is 20.1 Å². The monoisotopic (exact) mass is 322 g/mol. The Morgan fingerprint density at radius 2 is 2.22 bits per heavy atom. The molecule has 0 bridgehead atoms. The average Bonchev–Trinajstić information content (AvgIpc) is 3.11. The normalized spacial score (nSPS) is 15.0. The maximum Gasteiger partial charge on any atom is 0.387 e. The summed E-state index contributed by atoms with van der Waals surface area (Å²) in [5.74, 6) is 2.26. The van der Waals surface area contributed by atoms with Crippen molar-refractivity contribution in [3.05, 3.63) is 41.5 Å². The Labute approximate surface area is 133 Å². The molecule has 0 spiro atoms. The molecule has 0 radical (unpaired) electrons. The highest BCUT2D eigenvalue weighted by Crippen LogP contribution is 2.21. The molecule has 7 heteroatoms. The van der Waals surface area contributed by atoms with Crippen LogP contribution in [0.3, 0.4) is 0 Å². The zero-order valence-electron chi connectivity index (χ0n) is 13.0. The smallest absolute Gasteiger partial charge is 0.387 e. The van der Waals surface area contributed by atoms with E-state index >= 15 is 0 Å². The predicted octanol–water partition coefficient (Wildman–Crippen LogP) is 2.72. The first-order valence-corrected chi connectivity index (χ1v) is 7.82. The molecule has 1 aliphatic heterocycles. The average molecular weight is 322 g/mol. The van der Waals surface area contributed by atoms with Crippen LogP contribution in [0.2, 0.25) is 0 Å². The van der Waals surface area contributed by atoms with Crippen LogP contribution in [0.25, 0.3) is 0 Å². The van der Waals surface area contributed by atoms with Gasteiger partial charge in [0.15, 0.2) is 0 Å². The fraction of sp³-hybridized carbons (Fsp3) is 0.500. The molecular formula is C16H20F2N4O. The molecule has 0 amide bonds. The first-order chi connectivity index (χ1) is 11.1. The molecule has 1 aromatic carbocycles. The van der Waals surface area contributed by atoms with Crippen LogP contribution >= 0.6 is 0 Å². The molecule has 1 aliphatic rings. The number of rotatable bonds is 7. The van der Waals surface area contributed by atoms with Crippen LogP contribution in [0.5, 0.6) is 5.75 Å². The highest BCUT2D eigenvalue weighted by atomic mass is 19.3. The summed E-state index contributed by atoms with van der Waals surface area (Å²) in [7, 11) is 0. The van der Waals surface area contributed by atoms with E-state index in [1.165, 1.54) is 6.07 Å². The highest BCUT2D eigenvalue weighted by molar-refractivity contribution is 5.30. The lowest BCUT2D eigenvalue weighted by atomic mass is 10.1. The van der Waals surface area contributed by atoms with Gasteiger partial charge in [-0.15, -0.1) is 10.2 Å². The minimum absolute atomic E-state index is 0.0391. The molecule has 124 valence electrons. The van der Waals surface area contributed by atoms with Crippen LogP contribution in [0.1, 0.15) is 36.6 Å². The number of halogens is 2. The number of benzene rings is 1. The Morgan fingerprint density at radius 1 is 1.35 bits per heavy atom. The fourth-order valence-electron chi connectivity index (χ4n) is 2.87. The second-order valence-corrected chi connectivity index (χ2v) is 5.66. The third kappa shape index (κ3) is 3.85. The number of nitrogens with one attached hydrogen (secondary N) is 1. The molecule has 0 aliphatic carbocycles. The van der Waals surface area contributed by atoms with Gasteiger partial charge < -0.3 is 14.6 Å². The Bertz CT molecular complexity index is 659. The number of ether oxygens (including phenoxy) is 1. The number of nitrogens with zero attached hydrogens (tertiary/aromatic N) is 3. The van der Waals surface area contributed by atoms with E-state index in [9.17, 15) is 8.78 Å². The molecule has 1 N–H and O–H groups in total. The first-order valence-electron chi connectivity index (χ1n) is 7.82. The summed E-state index contributed by atoms with van der Waals surface area (Å²) in [4.78, 5) is 0. The van der Waals surface area contributed by atoms with E-state index in [0.717, 1.165) is 49.6 Å². The van der Waals surface area contributed by atoms with Gasteiger partial charge in [-0.2, -0.15) is 8.78 Å². The van der Waals surface area contributed by atoms with Gasteiger partial charge in [-0.1, -0.05) is 12.1 Å². The Morgan fingerprint density at radius 3 is 3.04 bits per heavy atom. The van der Waals surface area contributed by atoms with Crippen LogP contribution in [0, 0.1) is 0 Å². The summed E-state index contributed by atoms with van der Waals surface area (Å²) in [5, 5.41) is 11.8. The van der Waals surface area contributed by atoms with E-state index in [4.69, 9.17) is 0 Å². The lowest BCUT2D eigenvalue weighted by molar-refractivity contribution is -0.0499. The molecule has 1 unspecified atom stereocenters. The van der Waals surface area contributed by atoms with Crippen LogP contribution in [0.4, 0.5) is 8.78 Å². The summed E-state index contributed by atoms with van der Waals surface area (Å²) in [5.41, 5.74) is 0.912. The van der Waals surface area contributed by atoms with Crippen molar-refractivity contribution in [3.8, 4) is 5.75 Å². The van der Waals surface area contributed by atoms with Crippen molar-refractivity contribution in [2.75, 3.05) is 6.54 Å². The van der Waals surface area contributed by atoms with Crippen LogP contribution in [-0.2, 0) is 19.4 Å². The van der Waals surface area contributed by atoms with Crippen molar-refractivity contribution in [3.63, 3.8) is 0 Å². The number of alkyl halides is 2. The summed E-state index contributed by atoms with van der Waals surface area (Å²) >= 11 is 0. The molecule has 0 fully saturated rings. The summed E-state index contributed by atoms with van der Waals surface area (Å²) in [6.45, 7) is 0.943. The Kier molecular flexibility index (Phi) is 4.85. The number of hydrogen-bond acceptors (Lipinski definition) is 4. The van der Waals surface area contributed by atoms with E-state index in [-0.39, 0.29) is 11.8 Å². The minimum Gasteiger partial charge on any atom is -0.435 e. The van der Waals surface area contributed by atoms with Gasteiger partial charge in [0.2, 0.25) is 0 Å². The largest absolute Gasteiger partial charge is 0.435 e. The van der Waals surface area contributed by atoms with Crippen molar-refractivity contribution < 1.29 is 13.5 Å². The SMILES string of the molecule is CC(NCCc1nnc2n1CCC2)c1cccc(OC(F)F)c1. The topological polar surface area (TPSA) is 52.0 Å². The van der Waals surface area contributed by atoms with Crippen LogP contribution in [0.15, 0.2) is 24.3 Å². The summed E-state index contributed by atoms with van der Waals surface area (Å²) in [6.07, 6.45) is 2.94. The molecule has 0 saturated carbocycles. The third-order valence-corrected chi connectivity index (χ3v) is 4.07. The fourth-order valence-corrected chi connectivity index (χ4v) is 2.87. The van der Waals surface area contributed by atoms with E-state index in [0.29, 0.717) is 0 Å². The molecule has 1 atom stereocenters. The molecule has 23 heavy (non-hydrogen) atoms. The van der Waals surface area contributed by atoms with Gasteiger partial charge in [0.1, 0.15) is 17.4 Å². The van der Waals surface area contributed by atoms with E-state index < -0.39 is 6.61 Å². The molecule has 0 saturated heterocycles. The highest BCUT2D eigenvalue weighted by Gasteiger charge is 2.17. The molecule has 2 heterocycles. The van der Waals surface area contributed by atoms with Gasteiger partial charge in [0.25, 0.3) is 0 Å². The number of fused-ring (bicyclic) bond motifs is 1. The maximum atomic E-state index is 12.3. The predicted molar refractivity (Wildman–Crippen MR) is 81.5 cm³/mol. The molecule has 5 nitrogen and oxygen atoms in total. The molecule has 3 rings (SSSR count). The summed E-state index contributed by atoms with van der Waals surface area (Å²) in [6, 6.07) is 6.82. The number of hydrogen-bond donors (Lipinski definition) is 1. The standard InChI is InChI=1S/C16H20F2N4O/c1-11(12-4-2-5-13(10-12)23-16(17)18)19-8-7-15-21-20-14-6-3-9-22(14)15/h2,4-5,10-11,16,19H,3,6-9H2,1H3. The summed E-state index contributed by atoms with van der Waals surface area (Å²) < 4.78 is 31.2. The van der Waals surface area contributed by atoms with Gasteiger partial charge in [0, 0.05) is 32.0 Å². The Hall–Kier alpha value is -2.02. The number of aryl methyl sites for hydroxylation is 1. The second kappa shape index (κ2) is 7.04. The van der Waals surface area contributed by atoms with Crippen LogP contribution in [-0.4, -0.2) is 27.9 Å². The van der Waals surface area contributed by atoms with Gasteiger partial charge in [0.05, 0.1) is 0 Å². The maximum absolute atomic E-state index is 12.3. The van der Waals surface area contributed by atoms with Gasteiger partial charge >= 0.3 is 6.61 Å². The first kappa shape index (κ1) is 15.9. The lowest BCUT2D eigenvalue weighted by Gasteiger charge is -2.15. The van der Waals surface area contributed by atoms with Gasteiger partial charge in [-0.3, -0.25) is 0 Å². The lowest BCUT2D eigenvalue weighted by Crippen LogP contribution is -2.22. The molecule has 2 aromatic rings. The molecule has 1 aromatic heterocycles. The quantitative estimate of drug-likeness (QED) is 0.851.